The average Bonchev–Trinajstić information content (AvgIpc) is 2.77. The summed E-state index contributed by atoms with van der Waals surface area (Å²) in [7, 11) is 0. The maximum absolute atomic E-state index is 11.7. The Balaban J connectivity index is 1.76. The van der Waals surface area contributed by atoms with Crippen LogP contribution in [0.15, 0.2) is 23.3 Å². The minimum atomic E-state index is -0.213. The number of nitrogens with zero attached hydrogens (tertiary/aromatic N) is 4. The van der Waals surface area contributed by atoms with E-state index in [9.17, 15) is 4.79 Å². The Morgan fingerprint density at radius 3 is 2.94 bits per heavy atom. The second-order valence-corrected chi connectivity index (χ2v) is 9.43. The van der Waals surface area contributed by atoms with Crippen molar-refractivity contribution in [2.75, 3.05) is 37.6 Å². The van der Waals surface area contributed by atoms with E-state index < -0.39 is 0 Å². The smallest absolute Gasteiger partial charge is 0.222 e. The molecule has 0 radical (unpaired) electrons. The monoisotopic (exact) mass is 428 g/mol. The van der Waals surface area contributed by atoms with Crippen molar-refractivity contribution in [2.24, 2.45) is 22.1 Å². The van der Waals surface area contributed by atoms with Crippen LogP contribution in [0.2, 0.25) is 0 Å². The second-order valence-electron chi connectivity index (χ2n) is 9.43. The van der Waals surface area contributed by atoms with Gasteiger partial charge in [0.15, 0.2) is 5.96 Å². The van der Waals surface area contributed by atoms with Crippen molar-refractivity contribution >= 4 is 17.7 Å². The molecule has 3 N–H and O–H groups in total. The van der Waals surface area contributed by atoms with Gasteiger partial charge in [0, 0.05) is 44.5 Å². The fourth-order valence-corrected chi connectivity index (χ4v) is 5.13. The van der Waals surface area contributed by atoms with Crippen LogP contribution in [0.1, 0.15) is 64.9 Å². The lowest BCUT2D eigenvalue weighted by atomic mass is 9.78. The van der Waals surface area contributed by atoms with Crippen molar-refractivity contribution in [3.63, 3.8) is 0 Å². The quantitative estimate of drug-likeness (QED) is 0.515. The molecule has 1 amide bonds. The highest BCUT2D eigenvalue weighted by atomic mass is 16.1. The van der Waals surface area contributed by atoms with Gasteiger partial charge in [-0.05, 0) is 50.5 Å². The van der Waals surface area contributed by atoms with Crippen molar-refractivity contribution in [1.82, 2.24) is 15.2 Å². The summed E-state index contributed by atoms with van der Waals surface area (Å²) in [4.78, 5) is 26.0. The molecule has 1 aromatic heterocycles. The molecule has 31 heavy (non-hydrogen) atoms. The molecule has 0 spiro atoms. The highest BCUT2D eigenvalue weighted by Crippen LogP contribution is 2.34. The minimum absolute atomic E-state index is 0.103. The molecule has 0 aromatic carbocycles. The molecule has 7 heteroatoms. The van der Waals surface area contributed by atoms with Gasteiger partial charge in [-0.15, -0.1) is 0 Å². The first-order valence-electron chi connectivity index (χ1n) is 12.0. The molecule has 2 unspecified atom stereocenters. The highest BCUT2D eigenvalue weighted by molar-refractivity contribution is 5.80. The number of aliphatic imine (C=N–C) groups is 1. The number of rotatable bonds is 7. The Morgan fingerprint density at radius 2 is 2.19 bits per heavy atom. The molecule has 3 rings (SSSR count). The number of primary amides is 1. The van der Waals surface area contributed by atoms with Crippen molar-refractivity contribution < 1.29 is 4.79 Å². The molecular weight excluding hydrogens is 388 g/mol. The Kier molecular flexibility index (Phi) is 8.15. The van der Waals surface area contributed by atoms with Crippen LogP contribution < -0.4 is 16.0 Å². The Bertz CT molecular complexity index is 762. The number of aromatic nitrogens is 1. The molecule has 2 atom stereocenters. The number of pyridine rings is 1. The zero-order valence-corrected chi connectivity index (χ0v) is 19.6. The standard InChI is InChI=1S/C24H40N6O/c1-4-11-24(3)12-8-15-30(18-24)23(26-5-2)28-16-19-9-6-13-27-22(19)29-14-7-10-20(17-29)21(25)31/h6,9,13,20H,4-5,7-8,10-12,14-18H2,1-3H3,(H2,25,31)(H,26,28). The number of carbonyl (C=O) groups excluding carboxylic acids is 1. The minimum Gasteiger partial charge on any atom is -0.369 e. The molecular formula is C24H40N6O. The normalized spacial score (nSPS) is 24.9. The van der Waals surface area contributed by atoms with Crippen LogP contribution in [0.4, 0.5) is 5.82 Å². The van der Waals surface area contributed by atoms with Gasteiger partial charge in [-0.1, -0.05) is 26.3 Å². The summed E-state index contributed by atoms with van der Waals surface area (Å²) in [6.07, 6.45) is 8.62. The van der Waals surface area contributed by atoms with E-state index in [1.54, 1.807) is 0 Å². The molecule has 2 saturated heterocycles. The lowest BCUT2D eigenvalue weighted by Gasteiger charge is -2.42. The van der Waals surface area contributed by atoms with Gasteiger partial charge < -0.3 is 20.9 Å². The lowest BCUT2D eigenvalue weighted by molar-refractivity contribution is -0.122. The first kappa shape index (κ1) is 23.4. The van der Waals surface area contributed by atoms with Gasteiger partial charge in [-0.2, -0.15) is 0 Å². The Hall–Kier alpha value is -2.31. The van der Waals surface area contributed by atoms with Crippen LogP contribution >= 0.6 is 0 Å². The number of hydrogen-bond acceptors (Lipinski definition) is 4. The summed E-state index contributed by atoms with van der Waals surface area (Å²) in [6.45, 7) is 11.9. The van der Waals surface area contributed by atoms with Crippen LogP contribution in [0, 0.1) is 11.3 Å². The third kappa shape index (κ3) is 6.11. The Labute approximate surface area is 187 Å². The lowest BCUT2D eigenvalue weighted by Crippen LogP contribution is -2.49. The molecule has 0 aliphatic carbocycles. The number of amides is 1. The summed E-state index contributed by atoms with van der Waals surface area (Å²) >= 11 is 0. The fraction of sp³-hybridized carbons (Fsp3) is 0.708. The zero-order valence-electron chi connectivity index (χ0n) is 19.6. The zero-order chi connectivity index (χ0) is 22.3. The molecule has 2 aliphatic heterocycles. The van der Waals surface area contributed by atoms with Crippen molar-refractivity contribution in [2.45, 2.75) is 65.8 Å². The fourth-order valence-electron chi connectivity index (χ4n) is 5.13. The van der Waals surface area contributed by atoms with E-state index in [2.05, 4.69) is 46.9 Å². The summed E-state index contributed by atoms with van der Waals surface area (Å²) in [6, 6.07) is 4.07. The summed E-state index contributed by atoms with van der Waals surface area (Å²) in [5.74, 6) is 1.61. The maximum Gasteiger partial charge on any atom is 0.222 e. The highest BCUT2D eigenvalue weighted by Gasteiger charge is 2.31. The third-order valence-electron chi connectivity index (χ3n) is 6.66. The van der Waals surface area contributed by atoms with Crippen molar-refractivity contribution in [3.05, 3.63) is 23.9 Å². The van der Waals surface area contributed by atoms with Gasteiger partial charge in [0.2, 0.25) is 5.91 Å². The number of nitrogens with two attached hydrogens (primary N) is 1. The molecule has 0 bridgehead atoms. The largest absolute Gasteiger partial charge is 0.369 e. The number of anilines is 1. The number of carbonyl (C=O) groups is 1. The van der Waals surface area contributed by atoms with Crippen molar-refractivity contribution in [3.8, 4) is 0 Å². The predicted octanol–water partition coefficient (Wildman–Crippen LogP) is 3.15. The average molecular weight is 429 g/mol. The van der Waals surface area contributed by atoms with Gasteiger partial charge in [0.05, 0.1) is 12.5 Å². The van der Waals surface area contributed by atoms with Crippen LogP contribution in [0.3, 0.4) is 0 Å². The van der Waals surface area contributed by atoms with Crippen LogP contribution in [-0.4, -0.2) is 54.5 Å². The second kappa shape index (κ2) is 10.8. The van der Waals surface area contributed by atoms with E-state index in [1.165, 1.54) is 25.7 Å². The topological polar surface area (TPSA) is 86.8 Å². The van der Waals surface area contributed by atoms with Gasteiger partial charge in [-0.3, -0.25) is 4.79 Å². The number of likely N-dealkylation sites (tertiary alicyclic amines) is 1. The SMILES string of the molecule is CCCC1(C)CCCN(C(=NCc2cccnc2N2CCCC(C(N)=O)C2)NCC)C1. The van der Waals surface area contributed by atoms with E-state index in [-0.39, 0.29) is 11.8 Å². The van der Waals surface area contributed by atoms with Gasteiger partial charge in [-0.25, -0.2) is 9.98 Å². The molecule has 172 valence electrons. The third-order valence-corrected chi connectivity index (χ3v) is 6.66. The van der Waals surface area contributed by atoms with Crippen LogP contribution in [0.5, 0.6) is 0 Å². The molecule has 2 aliphatic rings. The Morgan fingerprint density at radius 1 is 1.35 bits per heavy atom. The van der Waals surface area contributed by atoms with E-state index in [0.717, 1.165) is 56.4 Å². The number of hydrogen-bond donors (Lipinski definition) is 2. The summed E-state index contributed by atoms with van der Waals surface area (Å²) in [5.41, 5.74) is 7.04. The molecule has 1 aromatic rings. The first-order valence-corrected chi connectivity index (χ1v) is 12.0. The molecule has 3 heterocycles. The van der Waals surface area contributed by atoms with E-state index in [1.807, 2.05) is 12.3 Å². The number of nitrogens with one attached hydrogen (secondary N) is 1. The molecule has 2 fully saturated rings. The van der Waals surface area contributed by atoms with Gasteiger partial charge in [0.25, 0.3) is 0 Å². The van der Waals surface area contributed by atoms with E-state index in [0.29, 0.717) is 18.5 Å². The molecule has 0 saturated carbocycles. The van der Waals surface area contributed by atoms with Gasteiger partial charge in [0.1, 0.15) is 5.82 Å². The van der Waals surface area contributed by atoms with Crippen LogP contribution in [0.25, 0.3) is 0 Å². The maximum atomic E-state index is 11.7. The summed E-state index contributed by atoms with van der Waals surface area (Å²) < 4.78 is 0. The molecule has 7 nitrogen and oxygen atoms in total. The van der Waals surface area contributed by atoms with E-state index >= 15 is 0 Å². The van der Waals surface area contributed by atoms with E-state index in [4.69, 9.17) is 10.7 Å². The first-order chi connectivity index (χ1) is 15.0. The van der Waals surface area contributed by atoms with Gasteiger partial charge >= 0.3 is 0 Å². The predicted molar refractivity (Wildman–Crippen MR) is 127 cm³/mol. The van der Waals surface area contributed by atoms with Crippen LogP contribution in [-0.2, 0) is 11.3 Å². The number of guanidine groups is 1. The van der Waals surface area contributed by atoms with Crippen molar-refractivity contribution in [1.29, 1.82) is 0 Å². The summed E-state index contributed by atoms with van der Waals surface area (Å²) in [5, 5.41) is 3.50. The number of piperidine rings is 2.